The summed E-state index contributed by atoms with van der Waals surface area (Å²) in [6.45, 7) is 7.97. The molecule has 0 fully saturated rings. The van der Waals surface area contributed by atoms with E-state index < -0.39 is 0 Å². The lowest BCUT2D eigenvalue weighted by Gasteiger charge is -2.13. The Morgan fingerprint density at radius 2 is 1.88 bits per heavy atom. The van der Waals surface area contributed by atoms with Gasteiger partial charge in [-0.2, -0.15) is 0 Å². The van der Waals surface area contributed by atoms with E-state index in [1.54, 1.807) is 6.08 Å². The highest BCUT2D eigenvalue weighted by atomic mass is 16.1. The Kier molecular flexibility index (Phi) is 4.95. The van der Waals surface area contributed by atoms with Gasteiger partial charge in [-0.15, -0.1) is 0 Å². The van der Waals surface area contributed by atoms with Crippen LogP contribution in [0.15, 0.2) is 35.9 Å². The molecule has 1 aromatic rings. The number of carbonyl (C=O) groups excluding carboxylic acids is 1. The predicted molar refractivity (Wildman–Crippen MR) is 71.8 cm³/mol. The molecule has 2 nitrogen and oxygen atoms in total. The Morgan fingerprint density at radius 1 is 1.29 bits per heavy atom. The van der Waals surface area contributed by atoms with E-state index in [0.29, 0.717) is 0 Å². The van der Waals surface area contributed by atoms with Crippen molar-refractivity contribution in [2.75, 3.05) is 0 Å². The molecule has 1 amide bonds. The Bertz CT molecular complexity index is 399. The van der Waals surface area contributed by atoms with Gasteiger partial charge in [0.25, 0.3) is 0 Å². The zero-order valence-electron chi connectivity index (χ0n) is 11.1. The van der Waals surface area contributed by atoms with Gasteiger partial charge in [-0.1, -0.05) is 36.8 Å². The van der Waals surface area contributed by atoms with Crippen molar-refractivity contribution in [3.8, 4) is 0 Å². The van der Waals surface area contributed by atoms with E-state index in [9.17, 15) is 4.79 Å². The molecule has 0 saturated heterocycles. The molecular formula is C15H21NO. The van der Waals surface area contributed by atoms with Crippen LogP contribution in [-0.4, -0.2) is 5.91 Å². The number of allylic oxidation sites excluding steroid dienone is 1. The number of hydrogen-bond acceptors (Lipinski definition) is 1. The largest absolute Gasteiger partial charge is 0.346 e. The Labute approximate surface area is 104 Å². The SMILES string of the molecule is CCc1ccc(C(C)NC(=O)C=C(C)C)cc1. The van der Waals surface area contributed by atoms with Gasteiger partial charge in [-0.3, -0.25) is 4.79 Å². The number of aryl methyl sites for hydroxylation is 1. The van der Waals surface area contributed by atoms with Crippen molar-refractivity contribution in [1.29, 1.82) is 0 Å². The third-order valence-corrected chi connectivity index (χ3v) is 2.67. The first-order chi connectivity index (χ1) is 8.02. The summed E-state index contributed by atoms with van der Waals surface area (Å²) in [6, 6.07) is 8.42. The van der Waals surface area contributed by atoms with E-state index >= 15 is 0 Å². The molecule has 0 spiro atoms. The molecule has 1 aromatic carbocycles. The summed E-state index contributed by atoms with van der Waals surface area (Å²) in [4.78, 5) is 11.6. The molecule has 0 aliphatic heterocycles. The standard InChI is InChI=1S/C15H21NO/c1-5-13-6-8-14(9-7-13)12(4)16-15(17)10-11(2)3/h6-10,12H,5H2,1-4H3,(H,16,17). The van der Waals surface area contributed by atoms with Gasteiger partial charge in [-0.05, 0) is 38.3 Å². The minimum Gasteiger partial charge on any atom is -0.346 e. The minimum absolute atomic E-state index is 0.0305. The van der Waals surface area contributed by atoms with Crippen LogP contribution < -0.4 is 5.32 Å². The Balaban J connectivity index is 2.66. The first-order valence-electron chi connectivity index (χ1n) is 6.07. The third kappa shape index (κ3) is 4.43. The van der Waals surface area contributed by atoms with Crippen LogP contribution in [0, 0.1) is 0 Å². The number of nitrogens with one attached hydrogen (secondary N) is 1. The lowest BCUT2D eigenvalue weighted by molar-refractivity contribution is -0.117. The number of amides is 1. The molecule has 92 valence electrons. The van der Waals surface area contributed by atoms with E-state index in [4.69, 9.17) is 0 Å². The van der Waals surface area contributed by atoms with Gasteiger partial charge in [0.15, 0.2) is 0 Å². The molecule has 0 saturated carbocycles. The van der Waals surface area contributed by atoms with Gasteiger partial charge in [0.2, 0.25) is 5.91 Å². The summed E-state index contributed by atoms with van der Waals surface area (Å²) in [5, 5.41) is 2.95. The van der Waals surface area contributed by atoms with E-state index in [2.05, 4.69) is 36.5 Å². The van der Waals surface area contributed by atoms with Gasteiger partial charge >= 0.3 is 0 Å². The lowest BCUT2D eigenvalue weighted by atomic mass is 10.0. The topological polar surface area (TPSA) is 29.1 Å². The van der Waals surface area contributed by atoms with Crippen molar-refractivity contribution in [3.05, 3.63) is 47.0 Å². The Hall–Kier alpha value is -1.57. The van der Waals surface area contributed by atoms with E-state index in [1.165, 1.54) is 5.56 Å². The van der Waals surface area contributed by atoms with E-state index in [0.717, 1.165) is 17.6 Å². The monoisotopic (exact) mass is 231 g/mol. The quantitative estimate of drug-likeness (QED) is 0.791. The average molecular weight is 231 g/mol. The number of hydrogen-bond donors (Lipinski definition) is 1. The van der Waals surface area contributed by atoms with Crippen LogP contribution in [0.5, 0.6) is 0 Å². The zero-order chi connectivity index (χ0) is 12.8. The van der Waals surface area contributed by atoms with Gasteiger partial charge < -0.3 is 5.32 Å². The van der Waals surface area contributed by atoms with Gasteiger partial charge in [-0.25, -0.2) is 0 Å². The maximum atomic E-state index is 11.6. The summed E-state index contributed by atoms with van der Waals surface area (Å²) >= 11 is 0. The molecule has 0 aliphatic rings. The third-order valence-electron chi connectivity index (χ3n) is 2.67. The van der Waals surface area contributed by atoms with Crippen molar-refractivity contribution in [3.63, 3.8) is 0 Å². The van der Waals surface area contributed by atoms with Gasteiger partial charge in [0.1, 0.15) is 0 Å². The van der Waals surface area contributed by atoms with E-state index in [1.807, 2.05) is 20.8 Å². The fraction of sp³-hybridized carbons (Fsp3) is 0.400. The summed E-state index contributed by atoms with van der Waals surface area (Å²) < 4.78 is 0. The van der Waals surface area contributed by atoms with Crippen LogP contribution >= 0.6 is 0 Å². The number of rotatable bonds is 4. The average Bonchev–Trinajstić information content (AvgIpc) is 2.28. The number of benzene rings is 1. The van der Waals surface area contributed by atoms with Crippen LogP contribution in [0.2, 0.25) is 0 Å². The molecule has 1 N–H and O–H groups in total. The van der Waals surface area contributed by atoms with Crippen LogP contribution in [0.25, 0.3) is 0 Å². The highest BCUT2D eigenvalue weighted by Crippen LogP contribution is 2.13. The summed E-state index contributed by atoms with van der Waals surface area (Å²) in [7, 11) is 0. The first-order valence-corrected chi connectivity index (χ1v) is 6.07. The van der Waals surface area contributed by atoms with Crippen LogP contribution in [0.1, 0.15) is 44.9 Å². The molecular weight excluding hydrogens is 210 g/mol. The molecule has 1 unspecified atom stereocenters. The normalized spacial score (nSPS) is 11.8. The van der Waals surface area contributed by atoms with Crippen molar-refractivity contribution in [1.82, 2.24) is 5.32 Å². The lowest BCUT2D eigenvalue weighted by Crippen LogP contribution is -2.24. The Morgan fingerprint density at radius 3 is 2.35 bits per heavy atom. The fourth-order valence-electron chi connectivity index (χ4n) is 1.64. The molecule has 0 bridgehead atoms. The molecule has 0 aromatic heterocycles. The molecule has 17 heavy (non-hydrogen) atoms. The fourth-order valence-corrected chi connectivity index (χ4v) is 1.64. The van der Waals surface area contributed by atoms with Crippen molar-refractivity contribution >= 4 is 5.91 Å². The minimum atomic E-state index is -0.0305. The second kappa shape index (κ2) is 6.24. The van der Waals surface area contributed by atoms with E-state index in [-0.39, 0.29) is 11.9 Å². The molecule has 0 aliphatic carbocycles. The second-order valence-corrected chi connectivity index (χ2v) is 4.55. The van der Waals surface area contributed by atoms with Crippen LogP contribution in [0.3, 0.4) is 0 Å². The molecule has 0 radical (unpaired) electrons. The highest BCUT2D eigenvalue weighted by molar-refractivity contribution is 5.88. The maximum absolute atomic E-state index is 11.6. The smallest absolute Gasteiger partial charge is 0.244 e. The molecule has 2 heteroatoms. The van der Waals surface area contributed by atoms with Gasteiger partial charge in [0.05, 0.1) is 6.04 Å². The van der Waals surface area contributed by atoms with Gasteiger partial charge in [0, 0.05) is 6.08 Å². The molecule has 1 atom stereocenters. The summed E-state index contributed by atoms with van der Waals surface area (Å²) in [5.41, 5.74) is 3.46. The predicted octanol–water partition coefficient (Wildman–Crippen LogP) is 3.39. The molecule has 0 heterocycles. The van der Waals surface area contributed by atoms with Crippen molar-refractivity contribution in [2.45, 2.75) is 40.2 Å². The maximum Gasteiger partial charge on any atom is 0.244 e. The van der Waals surface area contributed by atoms with Crippen molar-refractivity contribution in [2.24, 2.45) is 0 Å². The van der Waals surface area contributed by atoms with Crippen molar-refractivity contribution < 1.29 is 4.79 Å². The zero-order valence-corrected chi connectivity index (χ0v) is 11.1. The van der Waals surface area contributed by atoms with Crippen LogP contribution in [-0.2, 0) is 11.2 Å². The highest BCUT2D eigenvalue weighted by Gasteiger charge is 2.07. The van der Waals surface area contributed by atoms with Crippen LogP contribution in [0.4, 0.5) is 0 Å². The summed E-state index contributed by atoms with van der Waals surface area (Å²) in [6.07, 6.45) is 2.66. The first kappa shape index (κ1) is 13.5. The number of carbonyl (C=O) groups is 1. The second-order valence-electron chi connectivity index (χ2n) is 4.55. The molecule has 1 rings (SSSR count). The summed E-state index contributed by atoms with van der Waals surface area (Å²) in [5.74, 6) is -0.0305.